The van der Waals surface area contributed by atoms with E-state index < -0.39 is 18.2 Å². The summed E-state index contributed by atoms with van der Waals surface area (Å²) in [4.78, 5) is 10.5. The van der Waals surface area contributed by atoms with Gasteiger partial charge in [-0.1, -0.05) is 50.3 Å². The third-order valence-corrected chi connectivity index (χ3v) is 4.79. The summed E-state index contributed by atoms with van der Waals surface area (Å²) in [6.07, 6.45) is 12.7. The first-order valence-corrected chi connectivity index (χ1v) is 9.45. The number of unbranched alkanes of at least 4 members (excludes halogenated alkanes) is 1. The van der Waals surface area contributed by atoms with E-state index in [9.17, 15) is 15.0 Å². The van der Waals surface area contributed by atoms with E-state index in [1.54, 1.807) is 12.2 Å². The van der Waals surface area contributed by atoms with Crippen molar-refractivity contribution in [1.29, 1.82) is 0 Å². The van der Waals surface area contributed by atoms with Crippen LogP contribution in [0, 0.1) is 17.3 Å². The summed E-state index contributed by atoms with van der Waals surface area (Å²) in [5.41, 5.74) is -0.368. The highest BCUT2D eigenvalue weighted by Gasteiger charge is 2.29. The van der Waals surface area contributed by atoms with Gasteiger partial charge < -0.3 is 20.1 Å². The van der Waals surface area contributed by atoms with E-state index in [0.717, 1.165) is 6.42 Å². The van der Waals surface area contributed by atoms with E-state index in [1.807, 2.05) is 45.1 Å². The van der Waals surface area contributed by atoms with E-state index in [4.69, 9.17) is 9.84 Å². The van der Waals surface area contributed by atoms with Crippen molar-refractivity contribution in [2.75, 3.05) is 13.2 Å². The molecule has 0 bridgehead atoms. The zero-order chi connectivity index (χ0) is 19.6. The van der Waals surface area contributed by atoms with E-state index in [-0.39, 0.29) is 23.7 Å². The van der Waals surface area contributed by atoms with Crippen molar-refractivity contribution in [3.8, 4) is 0 Å². The Hall–Kier alpha value is -1.43. The van der Waals surface area contributed by atoms with Crippen molar-refractivity contribution in [2.24, 2.45) is 17.3 Å². The third-order valence-electron chi connectivity index (χ3n) is 4.79. The normalized spacial score (nSPS) is 24.7. The first-order chi connectivity index (χ1) is 12.3. The molecule has 1 unspecified atom stereocenters. The molecule has 0 radical (unpaired) electrons. The van der Waals surface area contributed by atoms with E-state index in [1.165, 1.54) is 0 Å². The molecule has 0 amide bonds. The minimum absolute atomic E-state index is 0.0455. The van der Waals surface area contributed by atoms with Crippen LogP contribution in [0.5, 0.6) is 0 Å². The Morgan fingerprint density at radius 1 is 1.31 bits per heavy atom. The van der Waals surface area contributed by atoms with Crippen molar-refractivity contribution in [1.82, 2.24) is 0 Å². The molecule has 0 aromatic heterocycles. The zero-order valence-electron chi connectivity index (χ0n) is 16.2. The Morgan fingerprint density at radius 3 is 2.69 bits per heavy atom. The highest BCUT2D eigenvalue weighted by Crippen LogP contribution is 2.31. The molecule has 26 heavy (non-hydrogen) atoms. The number of aliphatic hydroxyl groups excluding tert-OH is 2. The molecular weight excluding hydrogens is 332 g/mol. The van der Waals surface area contributed by atoms with Crippen molar-refractivity contribution in [3.63, 3.8) is 0 Å². The number of aliphatic carboxylic acids is 1. The number of carbonyl (C=O) groups is 1. The molecule has 0 aromatic carbocycles. The number of ether oxygens (including phenoxy) is 1. The molecule has 0 saturated carbocycles. The number of carboxylic acids is 1. The largest absolute Gasteiger partial charge is 0.481 e. The van der Waals surface area contributed by atoms with E-state index in [2.05, 4.69) is 0 Å². The molecule has 0 aromatic rings. The molecule has 3 N–H and O–H groups in total. The number of allylic oxidation sites excluding steroid dienone is 4. The van der Waals surface area contributed by atoms with Gasteiger partial charge in [-0.15, -0.1) is 0 Å². The number of hydrogen-bond donors (Lipinski definition) is 3. The quantitative estimate of drug-likeness (QED) is 0.364. The van der Waals surface area contributed by atoms with Gasteiger partial charge in [-0.05, 0) is 26.2 Å². The van der Waals surface area contributed by atoms with E-state index >= 15 is 0 Å². The first kappa shape index (κ1) is 22.6. The predicted octanol–water partition coefficient (Wildman–Crippen LogP) is 3.33. The molecule has 0 aliphatic heterocycles. The van der Waals surface area contributed by atoms with Crippen LogP contribution >= 0.6 is 0 Å². The lowest BCUT2D eigenvalue weighted by molar-refractivity contribution is -0.137. The number of rotatable bonds is 12. The topological polar surface area (TPSA) is 87.0 Å². The number of carboxylic acid groups (broad SMARTS) is 1. The fourth-order valence-electron chi connectivity index (χ4n) is 2.95. The standard InChI is InChI=1S/C21H34O5/c1-4-26-15-21(2,3)19(23)14-12-16-11-13-18(22)17(16)9-7-5-6-8-10-20(24)25/h5,7,11-14,16-19,22-23H,4,6,8-10,15H2,1-3H3,(H,24,25)/t16-,17-,18+,19?/m1/s1. The monoisotopic (exact) mass is 366 g/mol. The maximum Gasteiger partial charge on any atom is 0.303 e. The summed E-state index contributed by atoms with van der Waals surface area (Å²) in [7, 11) is 0. The molecule has 5 heteroatoms. The number of hydrogen-bond acceptors (Lipinski definition) is 4. The molecular formula is C21H34O5. The van der Waals surface area contributed by atoms with Crippen molar-refractivity contribution < 1.29 is 24.9 Å². The Morgan fingerprint density at radius 2 is 2.04 bits per heavy atom. The van der Waals surface area contributed by atoms with Gasteiger partial charge in [-0.3, -0.25) is 4.79 Å². The summed E-state index contributed by atoms with van der Waals surface area (Å²) in [5.74, 6) is -0.653. The zero-order valence-corrected chi connectivity index (χ0v) is 16.2. The average Bonchev–Trinajstić information content (AvgIpc) is 2.93. The molecule has 4 atom stereocenters. The van der Waals surface area contributed by atoms with Gasteiger partial charge in [-0.25, -0.2) is 0 Å². The smallest absolute Gasteiger partial charge is 0.303 e. The summed E-state index contributed by atoms with van der Waals surface area (Å²) in [6, 6.07) is 0. The van der Waals surface area contributed by atoms with Crippen LogP contribution in [0.4, 0.5) is 0 Å². The fraction of sp³-hybridized carbons (Fsp3) is 0.667. The van der Waals surface area contributed by atoms with Gasteiger partial charge >= 0.3 is 5.97 Å². The van der Waals surface area contributed by atoms with Gasteiger partial charge in [0.05, 0.1) is 18.8 Å². The van der Waals surface area contributed by atoms with Crippen molar-refractivity contribution >= 4 is 5.97 Å². The second-order valence-corrected chi connectivity index (χ2v) is 7.57. The highest BCUT2D eigenvalue weighted by molar-refractivity contribution is 5.66. The molecule has 0 saturated heterocycles. The van der Waals surface area contributed by atoms with Crippen LogP contribution in [-0.2, 0) is 9.53 Å². The molecule has 148 valence electrons. The maximum atomic E-state index is 10.5. The second-order valence-electron chi connectivity index (χ2n) is 7.57. The lowest BCUT2D eigenvalue weighted by atomic mass is 9.85. The Balaban J connectivity index is 2.52. The van der Waals surface area contributed by atoms with Gasteiger partial charge in [0.2, 0.25) is 0 Å². The van der Waals surface area contributed by atoms with Crippen molar-refractivity contribution in [3.05, 3.63) is 36.5 Å². The molecule has 5 nitrogen and oxygen atoms in total. The first-order valence-electron chi connectivity index (χ1n) is 9.45. The van der Waals surface area contributed by atoms with Crippen LogP contribution in [0.2, 0.25) is 0 Å². The van der Waals surface area contributed by atoms with Crippen LogP contribution in [0.1, 0.15) is 46.5 Å². The van der Waals surface area contributed by atoms with Gasteiger partial charge in [-0.2, -0.15) is 0 Å². The molecule has 1 aliphatic rings. The Bertz CT molecular complexity index is 507. The van der Waals surface area contributed by atoms with Gasteiger partial charge in [0.25, 0.3) is 0 Å². The van der Waals surface area contributed by atoms with Crippen LogP contribution in [0.3, 0.4) is 0 Å². The number of aliphatic hydroxyl groups is 2. The van der Waals surface area contributed by atoms with Crippen LogP contribution in [0.15, 0.2) is 36.5 Å². The lowest BCUT2D eigenvalue weighted by Gasteiger charge is -2.28. The summed E-state index contributed by atoms with van der Waals surface area (Å²) in [6.45, 7) is 6.98. The summed E-state index contributed by atoms with van der Waals surface area (Å²) in [5, 5.41) is 29.2. The summed E-state index contributed by atoms with van der Waals surface area (Å²) < 4.78 is 5.44. The second kappa shape index (κ2) is 11.3. The molecule has 0 fully saturated rings. The molecule has 0 heterocycles. The van der Waals surface area contributed by atoms with Crippen LogP contribution in [0.25, 0.3) is 0 Å². The third kappa shape index (κ3) is 7.85. The lowest BCUT2D eigenvalue weighted by Crippen LogP contribution is -2.32. The SMILES string of the molecule is CCOCC(C)(C)C(O)C=C[C@H]1C=C[C@H](O)[C@@H]1CC=CCCCC(=O)O. The molecule has 1 aliphatic carbocycles. The molecule has 1 rings (SSSR count). The van der Waals surface area contributed by atoms with Gasteiger partial charge in [0.1, 0.15) is 0 Å². The molecule has 0 spiro atoms. The minimum Gasteiger partial charge on any atom is -0.481 e. The highest BCUT2D eigenvalue weighted by atomic mass is 16.5. The average molecular weight is 366 g/mol. The Labute approximate surface area is 157 Å². The fourth-order valence-corrected chi connectivity index (χ4v) is 2.95. The maximum absolute atomic E-state index is 10.5. The van der Waals surface area contributed by atoms with Crippen LogP contribution in [-0.4, -0.2) is 46.7 Å². The minimum atomic E-state index is -0.773. The predicted molar refractivity (Wildman–Crippen MR) is 103 cm³/mol. The van der Waals surface area contributed by atoms with Crippen molar-refractivity contribution in [2.45, 2.75) is 58.7 Å². The van der Waals surface area contributed by atoms with E-state index in [0.29, 0.717) is 26.1 Å². The summed E-state index contributed by atoms with van der Waals surface area (Å²) >= 11 is 0. The van der Waals surface area contributed by atoms with Crippen LogP contribution < -0.4 is 0 Å². The van der Waals surface area contributed by atoms with Gasteiger partial charge in [0, 0.05) is 30.3 Å². The Kier molecular flexibility index (Phi) is 9.84. The van der Waals surface area contributed by atoms with Gasteiger partial charge in [0.15, 0.2) is 0 Å².